The van der Waals surface area contributed by atoms with Crippen molar-refractivity contribution in [2.45, 2.75) is 71.5 Å². The van der Waals surface area contributed by atoms with E-state index in [0.29, 0.717) is 22.2 Å². The van der Waals surface area contributed by atoms with Gasteiger partial charge in [-0.25, -0.2) is 0 Å². The molecule has 1 spiro atoms. The van der Waals surface area contributed by atoms with Crippen LogP contribution >= 0.6 is 0 Å². The summed E-state index contributed by atoms with van der Waals surface area (Å²) in [5.74, 6) is 0.404. The molecule has 0 aromatic carbocycles. The molecule has 1 aliphatic heterocycles. The monoisotopic (exact) mass is 278 g/mol. The van der Waals surface area contributed by atoms with Crippen molar-refractivity contribution in [2.24, 2.45) is 22.2 Å². The van der Waals surface area contributed by atoms with Gasteiger partial charge < -0.3 is 9.47 Å². The Hall–Kier alpha value is -0.570. The predicted octanol–water partition coefficient (Wildman–Crippen LogP) is 3.31. The molecule has 4 fully saturated rings. The van der Waals surface area contributed by atoms with E-state index in [0.717, 1.165) is 13.0 Å². The standard InChI is InChI=1S/C17H26O3/c1-11(18)20-13-9-14(2)8-12(17(13)10-19-17)15(3)6-5-7-16(14,15)4/h12-13H,5-10H2,1-4H3/t12?,13-,14+,15+,16-,17+/m1/s1. The fourth-order valence-corrected chi connectivity index (χ4v) is 6.46. The molecule has 0 aromatic rings. The Kier molecular flexibility index (Phi) is 2.25. The van der Waals surface area contributed by atoms with Crippen molar-refractivity contribution < 1.29 is 14.3 Å². The Labute approximate surface area is 121 Å². The fraction of sp³-hybridized carbons (Fsp3) is 0.941. The van der Waals surface area contributed by atoms with Gasteiger partial charge in [-0.3, -0.25) is 4.79 Å². The molecule has 1 unspecified atom stereocenters. The van der Waals surface area contributed by atoms with Gasteiger partial charge in [0.25, 0.3) is 0 Å². The van der Waals surface area contributed by atoms with Crippen molar-refractivity contribution in [3.05, 3.63) is 0 Å². The highest BCUT2D eigenvalue weighted by Crippen LogP contribution is 2.79. The van der Waals surface area contributed by atoms with Gasteiger partial charge in [-0.05, 0) is 41.9 Å². The molecular formula is C17H26O3. The maximum Gasteiger partial charge on any atom is 0.303 e. The van der Waals surface area contributed by atoms with Crippen LogP contribution in [0.3, 0.4) is 0 Å². The van der Waals surface area contributed by atoms with Gasteiger partial charge in [0.05, 0.1) is 6.61 Å². The van der Waals surface area contributed by atoms with Crippen LogP contribution in [0, 0.1) is 22.2 Å². The second-order valence-electron chi connectivity index (χ2n) is 8.47. The summed E-state index contributed by atoms with van der Waals surface area (Å²) in [5, 5.41) is 0. The first-order chi connectivity index (χ1) is 9.28. The Morgan fingerprint density at radius 3 is 2.50 bits per heavy atom. The molecule has 0 radical (unpaired) electrons. The van der Waals surface area contributed by atoms with E-state index < -0.39 is 0 Å². The number of hydrogen-bond acceptors (Lipinski definition) is 3. The molecule has 3 nitrogen and oxygen atoms in total. The number of carbonyl (C=O) groups is 1. The molecule has 20 heavy (non-hydrogen) atoms. The SMILES string of the molecule is CC(=O)O[C@@H]1C[C@]2(C)CC([C@@]13CO3)[C@]1(C)CCC[C@]21C. The van der Waals surface area contributed by atoms with Gasteiger partial charge in [0.15, 0.2) is 0 Å². The van der Waals surface area contributed by atoms with Crippen LogP contribution < -0.4 is 0 Å². The van der Waals surface area contributed by atoms with Crippen LogP contribution in [0.15, 0.2) is 0 Å². The lowest BCUT2D eigenvalue weighted by Crippen LogP contribution is -2.48. The number of ether oxygens (including phenoxy) is 2. The molecule has 0 N–H and O–H groups in total. The van der Waals surface area contributed by atoms with Gasteiger partial charge in [-0.2, -0.15) is 0 Å². The maximum atomic E-state index is 11.5. The molecule has 112 valence electrons. The van der Waals surface area contributed by atoms with Crippen molar-refractivity contribution >= 4 is 5.97 Å². The quantitative estimate of drug-likeness (QED) is 0.545. The third kappa shape index (κ3) is 1.21. The lowest BCUT2D eigenvalue weighted by atomic mass is 9.59. The van der Waals surface area contributed by atoms with Crippen molar-refractivity contribution in [3.63, 3.8) is 0 Å². The highest BCUT2D eigenvalue weighted by molar-refractivity contribution is 5.66. The Balaban J connectivity index is 1.80. The number of rotatable bonds is 1. The Morgan fingerprint density at radius 1 is 1.20 bits per heavy atom. The van der Waals surface area contributed by atoms with Crippen LogP contribution in [0.4, 0.5) is 0 Å². The van der Waals surface area contributed by atoms with Crippen molar-refractivity contribution in [2.75, 3.05) is 6.61 Å². The molecule has 1 heterocycles. The maximum absolute atomic E-state index is 11.5. The van der Waals surface area contributed by atoms with Crippen molar-refractivity contribution in [1.82, 2.24) is 0 Å². The minimum atomic E-state index is -0.157. The van der Waals surface area contributed by atoms with E-state index in [1.165, 1.54) is 32.6 Å². The lowest BCUT2D eigenvalue weighted by Gasteiger charge is -2.46. The summed E-state index contributed by atoms with van der Waals surface area (Å²) in [6, 6.07) is 0. The zero-order valence-corrected chi connectivity index (χ0v) is 13.1. The van der Waals surface area contributed by atoms with Gasteiger partial charge in [-0.15, -0.1) is 0 Å². The van der Waals surface area contributed by atoms with Crippen LogP contribution in [0.5, 0.6) is 0 Å². The zero-order valence-electron chi connectivity index (χ0n) is 13.1. The van der Waals surface area contributed by atoms with Crippen LogP contribution in [-0.2, 0) is 14.3 Å². The van der Waals surface area contributed by atoms with Gasteiger partial charge in [0, 0.05) is 12.8 Å². The summed E-state index contributed by atoms with van der Waals surface area (Å²) < 4.78 is 11.7. The fourth-order valence-electron chi connectivity index (χ4n) is 6.46. The van der Waals surface area contributed by atoms with E-state index in [1.807, 2.05) is 0 Å². The minimum absolute atomic E-state index is 0.0250. The highest BCUT2D eigenvalue weighted by Gasteiger charge is 2.79. The predicted molar refractivity (Wildman–Crippen MR) is 75.1 cm³/mol. The summed E-state index contributed by atoms with van der Waals surface area (Å²) in [6.45, 7) is 9.72. The Morgan fingerprint density at radius 2 is 1.90 bits per heavy atom. The number of epoxide rings is 1. The molecule has 2 bridgehead atoms. The van der Waals surface area contributed by atoms with Gasteiger partial charge in [-0.1, -0.05) is 27.2 Å². The molecule has 1 saturated heterocycles. The number of fused-ring (bicyclic) bond motifs is 6. The average molecular weight is 278 g/mol. The summed E-state index contributed by atoms with van der Waals surface area (Å²) in [5.41, 5.74) is 0.869. The first-order valence-corrected chi connectivity index (χ1v) is 8.09. The molecule has 4 aliphatic rings. The third-order valence-electron chi connectivity index (χ3n) is 7.95. The van der Waals surface area contributed by atoms with Crippen molar-refractivity contribution in [1.29, 1.82) is 0 Å². The topological polar surface area (TPSA) is 38.8 Å². The molecule has 3 saturated carbocycles. The Bertz CT molecular complexity index is 483. The molecule has 0 aromatic heterocycles. The van der Waals surface area contributed by atoms with Gasteiger partial charge in [0.1, 0.15) is 11.7 Å². The van der Waals surface area contributed by atoms with Crippen LogP contribution in [0.25, 0.3) is 0 Å². The van der Waals surface area contributed by atoms with Crippen molar-refractivity contribution in [3.8, 4) is 0 Å². The van der Waals surface area contributed by atoms with Crippen LogP contribution in [0.2, 0.25) is 0 Å². The largest absolute Gasteiger partial charge is 0.459 e. The van der Waals surface area contributed by atoms with Gasteiger partial charge in [0.2, 0.25) is 0 Å². The van der Waals surface area contributed by atoms with Gasteiger partial charge >= 0.3 is 5.97 Å². The molecular weight excluding hydrogens is 252 g/mol. The zero-order chi connectivity index (χ0) is 14.4. The third-order valence-corrected chi connectivity index (χ3v) is 7.95. The first-order valence-electron chi connectivity index (χ1n) is 8.09. The summed E-state index contributed by atoms with van der Waals surface area (Å²) in [7, 11) is 0. The molecule has 3 heteroatoms. The summed E-state index contributed by atoms with van der Waals surface area (Å²) >= 11 is 0. The van der Waals surface area contributed by atoms with E-state index in [4.69, 9.17) is 9.47 Å². The van der Waals surface area contributed by atoms with E-state index in [2.05, 4.69) is 20.8 Å². The number of esters is 1. The minimum Gasteiger partial charge on any atom is -0.459 e. The van der Waals surface area contributed by atoms with E-state index in [-0.39, 0.29) is 17.7 Å². The molecule has 3 aliphatic carbocycles. The molecule has 0 amide bonds. The van der Waals surface area contributed by atoms with E-state index in [1.54, 1.807) is 0 Å². The molecule has 4 rings (SSSR count). The highest BCUT2D eigenvalue weighted by atomic mass is 16.6. The van der Waals surface area contributed by atoms with E-state index in [9.17, 15) is 4.79 Å². The molecule has 6 atom stereocenters. The average Bonchev–Trinajstić information content (AvgIpc) is 3.04. The van der Waals surface area contributed by atoms with Crippen LogP contribution in [-0.4, -0.2) is 24.3 Å². The van der Waals surface area contributed by atoms with E-state index >= 15 is 0 Å². The second kappa shape index (κ2) is 3.43. The second-order valence-corrected chi connectivity index (χ2v) is 8.47. The van der Waals surface area contributed by atoms with Crippen LogP contribution in [0.1, 0.15) is 59.8 Å². The number of carbonyl (C=O) groups excluding carboxylic acids is 1. The normalized spacial score (nSPS) is 59.6. The first kappa shape index (κ1) is 13.1. The number of hydrogen-bond donors (Lipinski definition) is 0. The summed E-state index contributed by atoms with van der Waals surface area (Å²) in [6.07, 6.45) is 6.17. The summed E-state index contributed by atoms with van der Waals surface area (Å²) in [4.78, 5) is 11.5. The lowest BCUT2D eigenvalue weighted by molar-refractivity contribution is -0.157. The smallest absolute Gasteiger partial charge is 0.303 e.